The third kappa shape index (κ3) is 10.4. The molecule has 0 fully saturated rings. The fourth-order valence-corrected chi connectivity index (χ4v) is 1.49. The van der Waals surface area contributed by atoms with Gasteiger partial charge in [0.15, 0.2) is 0 Å². The number of ether oxygens (including phenoxy) is 3. The second-order valence-corrected chi connectivity index (χ2v) is 3.81. The van der Waals surface area contributed by atoms with Gasteiger partial charge in [-0.3, -0.25) is 0 Å². The predicted molar refractivity (Wildman–Crippen MR) is 66.5 cm³/mol. The third-order valence-corrected chi connectivity index (χ3v) is 2.71. The highest BCUT2D eigenvalue weighted by atomic mass is 16.5. The molecule has 0 aliphatic heterocycles. The van der Waals surface area contributed by atoms with Crippen molar-refractivity contribution in [1.82, 2.24) is 0 Å². The zero-order chi connectivity index (χ0) is 12.1. The van der Waals surface area contributed by atoms with Crippen LogP contribution in [0.1, 0.15) is 33.1 Å². The highest BCUT2D eigenvalue weighted by Gasteiger charge is 2.02. The van der Waals surface area contributed by atoms with Crippen molar-refractivity contribution >= 4 is 0 Å². The van der Waals surface area contributed by atoms with Crippen molar-refractivity contribution in [1.29, 1.82) is 0 Å². The summed E-state index contributed by atoms with van der Waals surface area (Å²) in [5.74, 6) is 0.811. The second-order valence-electron chi connectivity index (χ2n) is 3.81. The lowest BCUT2D eigenvalue weighted by Gasteiger charge is -2.12. The Morgan fingerprint density at radius 1 is 0.812 bits per heavy atom. The maximum atomic E-state index is 5.50. The molecule has 0 heterocycles. The molecule has 0 bridgehead atoms. The van der Waals surface area contributed by atoms with Gasteiger partial charge in [0.25, 0.3) is 0 Å². The molecular formula is C13H27O3. The van der Waals surface area contributed by atoms with Crippen LogP contribution in [0, 0.1) is 12.8 Å². The molecule has 0 aliphatic carbocycles. The zero-order valence-electron chi connectivity index (χ0n) is 10.9. The molecule has 0 saturated heterocycles. The monoisotopic (exact) mass is 231 g/mol. The van der Waals surface area contributed by atoms with E-state index in [-0.39, 0.29) is 0 Å². The molecule has 0 aromatic carbocycles. The minimum absolute atomic E-state index is 0.509. The zero-order valence-corrected chi connectivity index (χ0v) is 10.9. The van der Waals surface area contributed by atoms with Crippen molar-refractivity contribution in [2.75, 3.05) is 39.6 Å². The van der Waals surface area contributed by atoms with E-state index in [2.05, 4.69) is 20.8 Å². The summed E-state index contributed by atoms with van der Waals surface area (Å²) in [4.78, 5) is 0. The summed E-state index contributed by atoms with van der Waals surface area (Å²) >= 11 is 0. The van der Waals surface area contributed by atoms with Crippen molar-refractivity contribution in [3.8, 4) is 0 Å². The molecule has 0 atom stereocenters. The van der Waals surface area contributed by atoms with Crippen LogP contribution in [-0.2, 0) is 14.2 Å². The predicted octanol–water partition coefficient (Wildman–Crippen LogP) is 2.70. The molecule has 1 radical (unpaired) electrons. The highest BCUT2D eigenvalue weighted by Crippen LogP contribution is 2.11. The first kappa shape index (κ1) is 15.9. The smallest absolute Gasteiger partial charge is 0.0701 e. The largest absolute Gasteiger partial charge is 0.379 e. The normalized spacial score (nSPS) is 11.2. The molecule has 0 unspecified atom stereocenters. The Hall–Kier alpha value is -0.120. The molecular weight excluding hydrogens is 204 g/mol. The fraction of sp³-hybridized carbons (Fsp3) is 0.923. The van der Waals surface area contributed by atoms with Crippen LogP contribution < -0.4 is 0 Å². The van der Waals surface area contributed by atoms with Crippen molar-refractivity contribution in [3.63, 3.8) is 0 Å². The van der Waals surface area contributed by atoms with Gasteiger partial charge in [0.05, 0.1) is 26.4 Å². The van der Waals surface area contributed by atoms with E-state index >= 15 is 0 Å². The van der Waals surface area contributed by atoms with Crippen LogP contribution >= 0.6 is 0 Å². The van der Waals surface area contributed by atoms with Gasteiger partial charge in [-0.1, -0.05) is 26.7 Å². The van der Waals surface area contributed by atoms with Crippen LogP contribution in [0.5, 0.6) is 0 Å². The van der Waals surface area contributed by atoms with E-state index in [1.807, 2.05) is 0 Å². The molecule has 0 N–H and O–H groups in total. The summed E-state index contributed by atoms with van der Waals surface area (Å²) in [6.45, 7) is 12.0. The second kappa shape index (κ2) is 12.9. The number of rotatable bonds is 12. The van der Waals surface area contributed by atoms with Crippen LogP contribution in [0.25, 0.3) is 0 Å². The van der Waals surface area contributed by atoms with Crippen molar-refractivity contribution in [2.45, 2.75) is 33.1 Å². The molecule has 3 nitrogen and oxygen atoms in total. The first-order valence-corrected chi connectivity index (χ1v) is 6.37. The Bertz CT molecular complexity index is 124. The summed E-state index contributed by atoms with van der Waals surface area (Å²) in [5.41, 5.74) is 0. The standard InChI is InChI=1S/C13H27O3/c1-4-13(5-2)7-8-15-11-12-16-10-9-14-6-3/h13H,3-12H2,1-2H3. The summed E-state index contributed by atoms with van der Waals surface area (Å²) in [7, 11) is 0. The molecule has 0 rings (SSSR count). The Balaban J connectivity index is 3.03. The van der Waals surface area contributed by atoms with Crippen molar-refractivity contribution < 1.29 is 14.2 Å². The van der Waals surface area contributed by atoms with E-state index in [1.165, 1.54) is 12.8 Å². The fourth-order valence-electron chi connectivity index (χ4n) is 1.49. The van der Waals surface area contributed by atoms with Crippen LogP contribution in [0.3, 0.4) is 0 Å². The van der Waals surface area contributed by atoms with E-state index in [9.17, 15) is 0 Å². The molecule has 0 amide bonds. The van der Waals surface area contributed by atoms with Crippen molar-refractivity contribution in [3.05, 3.63) is 6.92 Å². The van der Waals surface area contributed by atoms with Crippen LogP contribution in [0.2, 0.25) is 0 Å². The van der Waals surface area contributed by atoms with Gasteiger partial charge in [-0.05, 0) is 19.3 Å². The molecule has 3 heteroatoms. The van der Waals surface area contributed by atoms with E-state index in [0.717, 1.165) is 18.9 Å². The maximum absolute atomic E-state index is 5.50. The minimum atomic E-state index is 0.509. The first-order chi connectivity index (χ1) is 7.85. The van der Waals surface area contributed by atoms with Gasteiger partial charge in [-0.15, -0.1) is 0 Å². The van der Waals surface area contributed by atoms with E-state index in [1.54, 1.807) is 0 Å². The Kier molecular flexibility index (Phi) is 12.9. The lowest BCUT2D eigenvalue weighted by molar-refractivity contribution is 0.0165. The van der Waals surface area contributed by atoms with Gasteiger partial charge in [-0.25, -0.2) is 0 Å². The van der Waals surface area contributed by atoms with Crippen LogP contribution in [0.4, 0.5) is 0 Å². The van der Waals surface area contributed by atoms with E-state index < -0.39 is 0 Å². The summed E-state index contributed by atoms with van der Waals surface area (Å²) < 4.78 is 15.9. The summed E-state index contributed by atoms with van der Waals surface area (Å²) in [5, 5.41) is 0. The Morgan fingerprint density at radius 3 is 1.81 bits per heavy atom. The minimum Gasteiger partial charge on any atom is -0.379 e. The van der Waals surface area contributed by atoms with Gasteiger partial charge in [0.2, 0.25) is 0 Å². The molecule has 16 heavy (non-hydrogen) atoms. The van der Waals surface area contributed by atoms with Gasteiger partial charge in [0.1, 0.15) is 0 Å². The van der Waals surface area contributed by atoms with E-state index in [4.69, 9.17) is 14.2 Å². The molecule has 0 aromatic rings. The molecule has 0 saturated carbocycles. The average molecular weight is 231 g/mol. The Labute approximate surface area is 100 Å². The third-order valence-electron chi connectivity index (χ3n) is 2.71. The lowest BCUT2D eigenvalue weighted by atomic mass is 10.0. The average Bonchev–Trinajstić information content (AvgIpc) is 2.32. The maximum Gasteiger partial charge on any atom is 0.0701 e. The van der Waals surface area contributed by atoms with Crippen LogP contribution in [-0.4, -0.2) is 39.6 Å². The quantitative estimate of drug-likeness (QED) is 0.483. The lowest BCUT2D eigenvalue weighted by Crippen LogP contribution is -2.11. The van der Waals surface area contributed by atoms with Gasteiger partial charge >= 0.3 is 0 Å². The Morgan fingerprint density at radius 2 is 1.31 bits per heavy atom. The highest BCUT2D eigenvalue weighted by molar-refractivity contribution is 4.53. The number of hydrogen-bond donors (Lipinski definition) is 0. The van der Waals surface area contributed by atoms with E-state index in [0.29, 0.717) is 33.0 Å². The number of hydrogen-bond acceptors (Lipinski definition) is 3. The van der Waals surface area contributed by atoms with Gasteiger partial charge in [0, 0.05) is 13.2 Å². The summed E-state index contributed by atoms with van der Waals surface area (Å²) in [6, 6.07) is 0. The molecule has 0 spiro atoms. The molecule has 0 aliphatic rings. The molecule has 0 aromatic heterocycles. The topological polar surface area (TPSA) is 27.7 Å². The first-order valence-electron chi connectivity index (χ1n) is 6.37. The summed E-state index contributed by atoms with van der Waals surface area (Å²) in [6.07, 6.45) is 3.66. The molecule has 97 valence electrons. The van der Waals surface area contributed by atoms with Gasteiger partial charge < -0.3 is 14.2 Å². The van der Waals surface area contributed by atoms with Crippen LogP contribution in [0.15, 0.2) is 0 Å². The van der Waals surface area contributed by atoms with Gasteiger partial charge in [-0.2, -0.15) is 0 Å². The SMILES string of the molecule is [CH2]COCCOCCOCCC(CC)CC. The van der Waals surface area contributed by atoms with Crippen molar-refractivity contribution in [2.24, 2.45) is 5.92 Å².